The zero-order valence-corrected chi connectivity index (χ0v) is 17.0. The van der Waals surface area contributed by atoms with Crippen molar-refractivity contribution in [2.75, 3.05) is 18.1 Å². The van der Waals surface area contributed by atoms with E-state index < -0.39 is 11.9 Å². The molecule has 156 valence electrons. The predicted octanol–water partition coefficient (Wildman–Crippen LogP) is 5.13. The molecule has 1 aromatic heterocycles. The van der Waals surface area contributed by atoms with Gasteiger partial charge in [-0.2, -0.15) is 23.5 Å². The van der Waals surface area contributed by atoms with Crippen LogP contribution in [0, 0.1) is 11.3 Å². The Hall–Kier alpha value is -2.76. The van der Waals surface area contributed by atoms with Gasteiger partial charge in [-0.3, -0.25) is 4.68 Å². The molecule has 1 aliphatic rings. The fourth-order valence-electron chi connectivity index (χ4n) is 3.96. The third-order valence-electron chi connectivity index (χ3n) is 5.36. The Kier molecular flexibility index (Phi) is 5.35. The second-order valence-electron chi connectivity index (χ2n) is 7.25. The molecule has 1 fully saturated rings. The van der Waals surface area contributed by atoms with E-state index in [1.165, 1.54) is 7.05 Å². The number of hydrazine groups is 1. The smallest absolute Gasteiger partial charge is 0.305 e. The SMILES string of the molecule is Cn1nc(C(F)(F)F)c(CN2CCCCN2c2ccc(C#N)c3ccccc23)c1Cl. The minimum atomic E-state index is -4.58. The van der Waals surface area contributed by atoms with E-state index in [1.807, 2.05) is 40.3 Å². The van der Waals surface area contributed by atoms with Crippen LogP contribution in [0.15, 0.2) is 36.4 Å². The molecule has 1 aliphatic heterocycles. The highest BCUT2D eigenvalue weighted by Crippen LogP contribution is 2.37. The van der Waals surface area contributed by atoms with Crippen molar-refractivity contribution in [3.8, 4) is 6.07 Å². The highest BCUT2D eigenvalue weighted by atomic mass is 35.5. The van der Waals surface area contributed by atoms with Gasteiger partial charge in [-0.05, 0) is 25.0 Å². The highest BCUT2D eigenvalue weighted by molar-refractivity contribution is 6.30. The number of hydrogen-bond acceptors (Lipinski definition) is 4. The number of nitriles is 1. The Labute approximate surface area is 176 Å². The maximum absolute atomic E-state index is 13.5. The topological polar surface area (TPSA) is 48.1 Å². The molecule has 3 aromatic rings. The van der Waals surface area contributed by atoms with E-state index in [-0.39, 0.29) is 17.3 Å². The monoisotopic (exact) mass is 433 g/mol. The van der Waals surface area contributed by atoms with Crippen LogP contribution in [0.1, 0.15) is 29.7 Å². The first-order valence-electron chi connectivity index (χ1n) is 9.54. The maximum Gasteiger partial charge on any atom is 0.435 e. The first-order valence-corrected chi connectivity index (χ1v) is 9.92. The Balaban J connectivity index is 1.77. The lowest BCUT2D eigenvalue weighted by atomic mass is 10.0. The van der Waals surface area contributed by atoms with E-state index >= 15 is 0 Å². The van der Waals surface area contributed by atoms with Gasteiger partial charge in [-0.15, -0.1) is 0 Å². The van der Waals surface area contributed by atoms with Crippen molar-refractivity contribution < 1.29 is 13.2 Å². The number of rotatable bonds is 3. The minimum absolute atomic E-state index is 0.00412. The van der Waals surface area contributed by atoms with Crippen LogP contribution in [-0.2, 0) is 19.8 Å². The Morgan fingerprint density at radius 3 is 2.50 bits per heavy atom. The van der Waals surface area contributed by atoms with Crippen molar-refractivity contribution in [3.63, 3.8) is 0 Å². The first-order chi connectivity index (χ1) is 14.3. The van der Waals surface area contributed by atoms with Crippen LogP contribution in [-0.4, -0.2) is 27.9 Å². The predicted molar refractivity (Wildman–Crippen MR) is 109 cm³/mol. The third kappa shape index (κ3) is 3.59. The van der Waals surface area contributed by atoms with E-state index in [1.54, 1.807) is 6.07 Å². The third-order valence-corrected chi connectivity index (χ3v) is 5.83. The lowest BCUT2D eigenvalue weighted by Crippen LogP contribution is -2.47. The standard InChI is InChI=1S/C21H19ClF3N5/c1-28-20(22)17(19(27-28)21(23,24)25)13-29-10-4-5-11-30(29)18-9-8-14(12-26)15-6-2-3-7-16(15)18/h2-3,6-9H,4-5,10-11,13H2,1H3. The van der Waals surface area contributed by atoms with Gasteiger partial charge in [0, 0.05) is 43.0 Å². The summed E-state index contributed by atoms with van der Waals surface area (Å²) in [5, 5.41) is 18.6. The summed E-state index contributed by atoms with van der Waals surface area (Å²) < 4.78 is 41.6. The van der Waals surface area contributed by atoms with Crippen molar-refractivity contribution in [1.29, 1.82) is 5.26 Å². The summed E-state index contributed by atoms with van der Waals surface area (Å²) in [5.41, 5.74) is 0.437. The molecule has 4 rings (SSSR count). The zero-order chi connectivity index (χ0) is 21.5. The molecule has 9 heteroatoms. The molecule has 0 N–H and O–H groups in total. The van der Waals surface area contributed by atoms with Crippen LogP contribution in [0.2, 0.25) is 5.15 Å². The summed E-state index contributed by atoms with van der Waals surface area (Å²) in [6, 6.07) is 13.4. The molecular formula is C21H19ClF3N5. The molecule has 2 aromatic carbocycles. The van der Waals surface area contributed by atoms with Crippen molar-refractivity contribution >= 4 is 28.1 Å². The Morgan fingerprint density at radius 2 is 1.80 bits per heavy atom. The molecule has 1 saturated heterocycles. The van der Waals surface area contributed by atoms with E-state index in [0.29, 0.717) is 18.7 Å². The molecule has 0 aliphatic carbocycles. The van der Waals surface area contributed by atoms with Gasteiger partial charge in [0.1, 0.15) is 5.15 Å². The van der Waals surface area contributed by atoms with E-state index in [2.05, 4.69) is 11.2 Å². The number of benzene rings is 2. The van der Waals surface area contributed by atoms with Crippen LogP contribution in [0.5, 0.6) is 0 Å². The van der Waals surface area contributed by atoms with Gasteiger partial charge in [0.25, 0.3) is 0 Å². The van der Waals surface area contributed by atoms with Crippen LogP contribution in [0.3, 0.4) is 0 Å². The van der Waals surface area contributed by atoms with Crippen LogP contribution in [0.4, 0.5) is 18.9 Å². The zero-order valence-electron chi connectivity index (χ0n) is 16.2. The van der Waals surface area contributed by atoms with Crippen LogP contribution < -0.4 is 5.01 Å². The Bertz CT molecular complexity index is 1130. The second-order valence-corrected chi connectivity index (χ2v) is 7.61. The largest absolute Gasteiger partial charge is 0.435 e. The molecule has 0 radical (unpaired) electrons. The number of halogens is 4. The van der Waals surface area contributed by atoms with Gasteiger partial charge in [-0.25, -0.2) is 5.01 Å². The first kappa shape index (κ1) is 20.5. The number of alkyl halides is 3. The van der Waals surface area contributed by atoms with Gasteiger partial charge in [0.15, 0.2) is 5.69 Å². The van der Waals surface area contributed by atoms with Gasteiger partial charge in [0.2, 0.25) is 0 Å². The van der Waals surface area contributed by atoms with E-state index in [0.717, 1.165) is 34.0 Å². The van der Waals surface area contributed by atoms with E-state index in [9.17, 15) is 18.4 Å². The molecule has 0 atom stereocenters. The fraction of sp³-hybridized carbons (Fsp3) is 0.333. The summed E-state index contributed by atoms with van der Waals surface area (Å²) in [5.74, 6) is 0. The summed E-state index contributed by atoms with van der Waals surface area (Å²) >= 11 is 6.19. The molecule has 0 spiro atoms. The fourth-order valence-corrected chi connectivity index (χ4v) is 4.15. The maximum atomic E-state index is 13.5. The summed E-state index contributed by atoms with van der Waals surface area (Å²) in [6.45, 7) is 1.25. The molecule has 0 amide bonds. The molecular weight excluding hydrogens is 415 g/mol. The molecule has 30 heavy (non-hydrogen) atoms. The van der Waals surface area contributed by atoms with Gasteiger partial charge in [-0.1, -0.05) is 35.9 Å². The quantitative estimate of drug-likeness (QED) is 0.574. The summed E-state index contributed by atoms with van der Waals surface area (Å²) in [6.07, 6.45) is -2.80. The molecule has 2 heterocycles. The number of nitrogens with zero attached hydrogens (tertiary/aromatic N) is 5. The van der Waals surface area contributed by atoms with Crippen molar-refractivity contribution in [2.24, 2.45) is 7.05 Å². The van der Waals surface area contributed by atoms with Crippen molar-refractivity contribution in [3.05, 3.63) is 58.4 Å². The van der Waals surface area contributed by atoms with Crippen LogP contribution >= 0.6 is 11.6 Å². The van der Waals surface area contributed by atoms with E-state index in [4.69, 9.17) is 11.6 Å². The summed E-state index contributed by atoms with van der Waals surface area (Å²) in [4.78, 5) is 0. The average molecular weight is 434 g/mol. The molecule has 0 unspecified atom stereocenters. The summed E-state index contributed by atoms with van der Waals surface area (Å²) in [7, 11) is 1.41. The number of aryl methyl sites for hydroxylation is 1. The number of fused-ring (bicyclic) bond motifs is 1. The minimum Gasteiger partial charge on any atom is -0.305 e. The number of hydrogen-bond donors (Lipinski definition) is 0. The van der Waals surface area contributed by atoms with Gasteiger partial charge < -0.3 is 5.01 Å². The second kappa shape index (κ2) is 7.82. The Morgan fingerprint density at radius 1 is 1.10 bits per heavy atom. The van der Waals surface area contributed by atoms with Gasteiger partial charge >= 0.3 is 6.18 Å². The number of aromatic nitrogens is 2. The molecule has 0 bridgehead atoms. The molecule has 0 saturated carbocycles. The average Bonchev–Trinajstić information content (AvgIpc) is 3.02. The van der Waals surface area contributed by atoms with Crippen LogP contribution in [0.25, 0.3) is 10.8 Å². The normalized spacial score (nSPS) is 15.5. The van der Waals surface area contributed by atoms with Crippen molar-refractivity contribution in [2.45, 2.75) is 25.6 Å². The highest BCUT2D eigenvalue weighted by Gasteiger charge is 2.39. The van der Waals surface area contributed by atoms with Crippen molar-refractivity contribution in [1.82, 2.24) is 14.8 Å². The molecule has 5 nitrogen and oxygen atoms in total. The lowest BCUT2D eigenvalue weighted by Gasteiger charge is -2.41. The number of anilines is 1. The van der Waals surface area contributed by atoms with Gasteiger partial charge in [0.05, 0.1) is 17.3 Å². The lowest BCUT2D eigenvalue weighted by molar-refractivity contribution is -0.142.